The minimum atomic E-state index is -0.595. The summed E-state index contributed by atoms with van der Waals surface area (Å²) in [5, 5.41) is 5.22. The fraction of sp³-hybridized carbons (Fsp3) is 0.267. The van der Waals surface area contributed by atoms with Gasteiger partial charge in [0.1, 0.15) is 5.82 Å². The van der Waals surface area contributed by atoms with Gasteiger partial charge in [0.15, 0.2) is 0 Å². The van der Waals surface area contributed by atoms with Gasteiger partial charge in [-0.25, -0.2) is 4.98 Å². The lowest BCUT2D eigenvalue weighted by Crippen LogP contribution is -2.38. The number of nitrogens with one attached hydrogen (secondary N) is 1. The molecule has 0 aliphatic carbocycles. The first-order valence-corrected chi connectivity index (χ1v) is 8.32. The number of halogens is 1. The summed E-state index contributed by atoms with van der Waals surface area (Å²) in [4.78, 5) is 30.6. The highest BCUT2D eigenvalue weighted by atomic mass is 35.5. The predicted molar refractivity (Wildman–Crippen MR) is 89.7 cm³/mol. The van der Waals surface area contributed by atoms with E-state index in [1.54, 1.807) is 11.3 Å². The molecule has 0 unspecified atom stereocenters. The van der Waals surface area contributed by atoms with Crippen molar-refractivity contribution >= 4 is 40.6 Å². The number of nitrogens with zero attached hydrogens (tertiary/aromatic N) is 2. The Balaban J connectivity index is 1.60. The topological polar surface area (TPSA) is 88.3 Å². The van der Waals surface area contributed by atoms with Gasteiger partial charge in [0, 0.05) is 24.2 Å². The van der Waals surface area contributed by atoms with E-state index >= 15 is 0 Å². The van der Waals surface area contributed by atoms with Gasteiger partial charge in [0.2, 0.25) is 11.8 Å². The molecule has 3 heterocycles. The van der Waals surface area contributed by atoms with Crippen LogP contribution in [0.4, 0.5) is 5.82 Å². The number of thiophene rings is 1. The van der Waals surface area contributed by atoms with Crippen LogP contribution in [-0.2, 0) is 17.8 Å². The van der Waals surface area contributed by atoms with Gasteiger partial charge in [-0.1, -0.05) is 11.6 Å². The summed E-state index contributed by atoms with van der Waals surface area (Å²) in [6.45, 7) is 1.46. The molecule has 0 saturated heterocycles. The Morgan fingerprint density at radius 1 is 1.48 bits per heavy atom. The summed E-state index contributed by atoms with van der Waals surface area (Å²) >= 11 is 7.77. The van der Waals surface area contributed by atoms with Gasteiger partial charge < -0.3 is 16.0 Å². The normalized spacial score (nSPS) is 13.5. The molecule has 0 fully saturated rings. The van der Waals surface area contributed by atoms with Crippen molar-refractivity contribution in [3.8, 4) is 0 Å². The van der Waals surface area contributed by atoms with Crippen molar-refractivity contribution in [3.05, 3.63) is 44.7 Å². The molecule has 0 bridgehead atoms. The van der Waals surface area contributed by atoms with Crippen molar-refractivity contribution in [2.24, 2.45) is 5.73 Å². The third-order valence-electron chi connectivity index (χ3n) is 3.69. The van der Waals surface area contributed by atoms with Crippen LogP contribution in [0.15, 0.2) is 23.7 Å². The monoisotopic (exact) mass is 350 g/mol. The number of anilines is 1. The molecule has 0 atom stereocenters. The number of primary amides is 1. The number of carbonyl (C=O) groups is 2. The fourth-order valence-corrected chi connectivity index (χ4v) is 3.56. The fourth-order valence-electron chi connectivity index (χ4n) is 2.44. The molecular formula is C15H15ClN4O2S. The maximum Gasteiger partial charge on any atom is 0.250 e. The SMILES string of the molecule is NC(=O)c1cnc(NCC(=O)N2CCc3sccc3C2)c(Cl)c1. The lowest BCUT2D eigenvalue weighted by Gasteiger charge is -2.27. The summed E-state index contributed by atoms with van der Waals surface area (Å²) in [5.41, 5.74) is 6.61. The molecule has 0 radical (unpaired) electrons. The van der Waals surface area contributed by atoms with Crippen LogP contribution < -0.4 is 11.1 Å². The third-order valence-corrected chi connectivity index (χ3v) is 5.00. The van der Waals surface area contributed by atoms with E-state index in [9.17, 15) is 9.59 Å². The molecule has 120 valence electrons. The van der Waals surface area contributed by atoms with Crippen molar-refractivity contribution in [3.63, 3.8) is 0 Å². The number of fused-ring (bicyclic) bond motifs is 1. The largest absolute Gasteiger partial charge is 0.366 e. The molecule has 23 heavy (non-hydrogen) atoms. The van der Waals surface area contributed by atoms with Gasteiger partial charge >= 0.3 is 0 Å². The molecule has 2 aromatic rings. The smallest absolute Gasteiger partial charge is 0.250 e. The number of aromatic nitrogens is 1. The van der Waals surface area contributed by atoms with Gasteiger partial charge in [-0.3, -0.25) is 9.59 Å². The maximum atomic E-state index is 12.3. The van der Waals surface area contributed by atoms with Crippen LogP contribution in [0, 0.1) is 0 Å². The molecule has 3 rings (SSSR count). The lowest BCUT2D eigenvalue weighted by atomic mass is 10.1. The summed E-state index contributed by atoms with van der Waals surface area (Å²) < 4.78 is 0. The zero-order valence-electron chi connectivity index (χ0n) is 12.2. The summed E-state index contributed by atoms with van der Waals surface area (Å²) in [5.74, 6) is -0.251. The van der Waals surface area contributed by atoms with Crippen molar-refractivity contribution in [2.75, 3.05) is 18.4 Å². The second-order valence-electron chi connectivity index (χ2n) is 5.21. The van der Waals surface area contributed by atoms with E-state index in [0.717, 1.165) is 13.0 Å². The van der Waals surface area contributed by atoms with Crippen molar-refractivity contribution in [1.82, 2.24) is 9.88 Å². The molecule has 2 amide bonds. The number of hydrogen-bond acceptors (Lipinski definition) is 5. The Labute approximate surface area is 142 Å². The highest BCUT2D eigenvalue weighted by Crippen LogP contribution is 2.24. The zero-order chi connectivity index (χ0) is 16.4. The van der Waals surface area contributed by atoms with E-state index < -0.39 is 5.91 Å². The Morgan fingerprint density at radius 2 is 2.30 bits per heavy atom. The molecule has 6 nitrogen and oxygen atoms in total. The van der Waals surface area contributed by atoms with Gasteiger partial charge in [-0.05, 0) is 29.5 Å². The Hall–Kier alpha value is -2.12. The number of carbonyl (C=O) groups excluding carboxylic acids is 2. The lowest BCUT2D eigenvalue weighted by molar-refractivity contribution is -0.130. The second-order valence-corrected chi connectivity index (χ2v) is 6.61. The highest BCUT2D eigenvalue weighted by molar-refractivity contribution is 7.10. The van der Waals surface area contributed by atoms with Gasteiger partial charge in [-0.15, -0.1) is 11.3 Å². The van der Waals surface area contributed by atoms with Crippen LogP contribution in [0.1, 0.15) is 20.8 Å². The predicted octanol–water partition coefficient (Wildman–Crippen LogP) is 1.89. The second kappa shape index (κ2) is 6.55. The van der Waals surface area contributed by atoms with Crippen LogP contribution >= 0.6 is 22.9 Å². The first-order valence-electron chi connectivity index (χ1n) is 7.07. The molecule has 1 aliphatic rings. The van der Waals surface area contributed by atoms with Gasteiger partial charge in [-0.2, -0.15) is 0 Å². The number of amides is 2. The number of pyridine rings is 1. The van der Waals surface area contributed by atoms with Crippen molar-refractivity contribution in [1.29, 1.82) is 0 Å². The quantitative estimate of drug-likeness (QED) is 0.881. The molecule has 0 aromatic carbocycles. The molecule has 8 heteroatoms. The maximum absolute atomic E-state index is 12.3. The summed E-state index contributed by atoms with van der Waals surface area (Å²) in [7, 11) is 0. The van der Waals surface area contributed by atoms with Gasteiger partial charge in [0.05, 0.1) is 17.1 Å². The third kappa shape index (κ3) is 3.46. The van der Waals surface area contributed by atoms with Gasteiger partial charge in [0.25, 0.3) is 0 Å². The Kier molecular flexibility index (Phi) is 4.49. The van der Waals surface area contributed by atoms with E-state index in [-0.39, 0.29) is 23.0 Å². The Morgan fingerprint density at radius 3 is 3.04 bits per heavy atom. The average molecular weight is 351 g/mol. The molecular weight excluding hydrogens is 336 g/mol. The Bertz CT molecular complexity index is 762. The first-order chi connectivity index (χ1) is 11.0. The molecule has 0 spiro atoms. The minimum absolute atomic E-state index is 0.0151. The molecule has 0 saturated carbocycles. The first kappa shape index (κ1) is 15.8. The molecule has 3 N–H and O–H groups in total. The highest BCUT2D eigenvalue weighted by Gasteiger charge is 2.21. The van der Waals surface area contributed by atoms with E-state index in [1.165, 1.54) is 22.7 Å². The van der Waals surface area contributed by atoms with E-state index in [4.69, 9.17) is 17.3 Å². The minimum Gasteiger partial charge on any atom is -0.366 e. The van der Waals surface area contributed by atoms with Crippen LogP contribution in [0.5, 0.6) is 0 Å². The van der Waals surface area contributed by atoms with E-state index in [0.29, 0.717) is 12.4 Å². The molecule has 2 aromatic heterocycles. The van der Waals surface area contributed by atoms with Crippen LogP contribution in [-0.4, -0.2) is 34.8 Å². The average Bonchev–Trinajstić information content (AvgIpc) is 3.00. The van der Waals surface area contributed by atoms with Crippen LogP contribution in [0.25, 0.3) is 0 Å². The number of nitrogens with two attached hydrogens (primary N) is 1. The zero-order valence-corrected chi connectivity index (χ0v) is 13.8. The number of rotatable bonds is 4. The van der Waals surface area contributed by atoms with E-state index in [2.05, 4.69) is 21.7 Å². The molecule has 1 aliphatic heterocycles. The number of hydrogen-bond donors (Lipinski definition) is 2. The van der Waals surface area contributed by atoms with Crippen molar-refractivity contribution < 1.29 is 9.59 Å². The van der Waals surface area contributed by atoms with E-state index in [1.807, 2.05) is 4.90 Å². The summed E-state index contributed by atoms with van der Waals surface area (Å²) in [6, 6.07) is 3.50. The standard InChI is InChI=1S/C15H15ClN4O2S/c16-11-5-10(14(17)22)6-18-15(11)19-7-13(21)20-3-1-12-9(8-20)2-4-23-12/h2,4-6H,1,3,7-8H2,(H2,17,22)(H,18,19). The van der Waals surface area contributed by atoms with Crippen molar-refractivity contribution in [2.45, 2.75) is 13.0 Å². The van der Waals surface area contributed by atoms with Crippen LogP contribution in [0.2, 0.25) is 5.02 Å². The van der Waals surface area contributed by atoms with Crippen LogP contribution in [0.3, 0.4) is 0 Å². The summed E-state index contributed by atoms with van der Waals surface area (Å²) in [6.07, 6.45) is 2.23.